The molecule has 0 spiro atoms. The number of hydrogen-bond donors (Lipinski definition) is 2. The second kappa shape index (κ2) is 6.45. The van der Waals surface area contributed by atoms with Crippen molar-refractivity contribution in [3.63, 3.8) is 0 Å². The summed E-state index contributed by atoms with van der Waals surface area (Å²) in [6, 6.07) is 11.7. The molecule has 128 valence electrons. The molecule has 0 aliphatic heterocycles. The van der Waals surface area contributed by atoms with Crippen LogP contribution in [0.15, 0.2) is 47.3 Å². The SMILES string of the molecule is CN(C)c1nc(=O)n(-c2cccc(NC(=O)O)c2)c2cc(Cl)ccc12. The lowest BCUT2D eigenvalue weighted by Crippen LogP contribution is -2.25. The zero-order chi connectivity index (χ0) is 18.1. The van der Waals surface area contributed by atoms with E-state index in [0.29, 0.717) is 27.7 Å². The van der Waals surface area contributed by atoms with Crippen LogP contribution in [0, 0.1) is 0 Å². The van der Waals surface area contributed by atoms with Gasteiger partial charge < -0.3 is 10.0 Å². The van der Waals surface area contributed by atoms with Gasteiger partial charge in [0.1, 0.15) is 5.82 Å². The summed E-state index contributed by atoms with van der Waals surface area (Å²) in [5.41, 5.74) is 0.944. The van der Waals surface area contributed by atoms with Gasteiger partial charge in [-0.15, -0.1) is 0 Å². The van der Waals surface area contributed by atoms with Crippen molar-refractivity contribution >= 4 is 40.1 Å². The van der Waals surface area contributed by atoms with E-state index < -0.39 is 11.8 Å². The lowest BCUT2D eigenvalue weighted by Gasteiger charge is -2.17. The third kappa shape index (κ3) is 3.27. The summed E-state index contributed by atoms with van der Waals surface area (Å²) < 4.78 is 1.40. The molecule has 2 N–H and O–H groups in total. The molecule has 25 heavy (non-hydrogen) atoms. The Bertz CT molecular complexity index is 1030. The Morgan fingerprint density at radius 2 is 2.00 bits per heavy atom. The normalized spacial score (nSPS) is 10.7. The minimum Gasteiger partial charge on any atom is -0.465 e. The Morgan fingerprint density at radius 3 is 2.68 bits per heavy atom. The van der Waals surface area contributed by atoms with Crippen LogP contribution >= 0.6 is 11.6 Å². The largest absolute Gasteiger partial charge is 0.465 e. The Morgan fingerprint density at radius 1 is 1.24 bits per heavy atom. The van der Waals surface area contributed by atoms with E-state index in [0.717, 1.165) is 5.39 Å². The fraction of sp³-hybridized carbons (Fsp3) is 0.118. The summed E-state index contributed by atoms with van der Waals surface area (Å²) in [5, 5.41) is 12.4. The van der Waals surface area contributed by atoms with Crippen LogP contribution in [0.25, 0.3) is 16.6 Å². The van der Waals surface area contributed by atoms with Gasteiger partial charge in [0.15, 0.2) is 0 Å². The maximum Gasteiger partial charge on any atom is 0.409 e. The molecular formula is C17H15ClN4O3. The van der Waals surface area contributed by atoms with Crippen LogP contribution in [-0.2, 0) is 0 Å². The van der Waals surface area contributed by atoms with Crippen LogP contribution in [0.3, 0.4) is 0 Å². The zero-order valence-electron chi connectivity index (χ0n) is 13.5. The van der Waals surface area contributed by atoms with Gasteiger partial charge in [-0.2, -0.15) is 4.98 Å². The van der Waals surface area contributed by atoms with Crippen LogP contribution in [0.4, 0.5) is 16.3 Å². The van der Waals surface area contributed by atoms with E-state index in [4.69, 9.17) is 16.7 Å². The molecule has 0 saturated carbocycles. The first kappa shape index (κ1) is 16.8. The average Bonchev–Trinajstić information content (AvgIpc) is 2.53. The Balaban J connectivity index is 2.32. The maximum atomic E-state index is 12.6. The first-order valence-electron chi connectivity index (χ1n) is 7.37. The van der Waals surface area contributed by atoms with E-state index in [9.17, 15) is 9.59 Å². The number of anilines is 2. The molecule has 1 heterocycles. The molecular weight excluding hydrogens is 344 g/mol. The highest BCUT2D eigenvalue weighted by atomic mass is 35.5. The smallest absolute Gasteiger partial charge is 0.409 e. The van der Waals surface area contributed by atoms with Gasteiger partial charge in [0.2, 0.25) is 0 Å². The van der Waals surface area contributed by atoms with Crippen molar-refractivity contribution in [2.24, 2.45) is 0 Å². The zero-order valence-corrected chi connectivity index (χ0v) is 14.3. The Kier molecular flexibility index (Phi) is 4.33. The van der Waals surface area contributed by atoms with Crippen LogP contribution in [-0.4, -0.2) is 34.8 Å². The van der Waals surface area contributed by atoms with Crippen LogP contribution in [0.2, 0.25) is 5.02 Å². The summed E-state index contributed by atoms with van der Waals surface area (Å²) in [5.74, 6) is 0.535. The van der Waals surface area contributed by atoms with Gasteiger partial charge in [0.25, 0.3) is 0 Å². The first-order chi connectivity index (χ1) is 11.9. The summed E-state index contributed by atoms with van der Waals surface area (Å²) in [7, 11) is 3.61. The molecule has 2 aromatic carbocycles. The number of fused-ring (bicyclic) bond motifs is 1. The first-order valence-corrected chi connectivity index (χ1v) is 7.74. The molecule has 0 bridgehead atoms. The fourth-order valence-corrected chi connectivity index (χ4v) is 2.79. The molecule has 0 aliphatic rings. The molecule has 0 fully saturated rings. The van der Waals surface area contributed by atoms with Crippen molar-refractivity contribution in [2.45, 2.75) is 0 Å². The summed E-state index contributed by atoms with van der Waals surface area (Å²) in [6.45, 7) is 0. The van der Waals surface area contributed by atoms with Gasteiger partial charge >= 0.3 is 11.8 Å². The number of carboxylic acid groups (broad SMARTS) is 1. The third-order valence-corrected chi connectivity index (χ3v) is 3.85. The number of hydrogen-bond acceptors (Lipinski definition) is 4. The summed E-state index contributed by atoms with van der Waals surface area (Å²) in [4.78, 5) is 29.4. The lowest BCUT2D eigenvalue weighted by molar-refractivity contribution is 0.210. The van der Waals surface area contributed by atoms with E-state index in [1.165, 1.54) is 4.57 Å². The topological polar surface area (TPSA) is 87.5 Å². The number of nitrogens with one attached hydrogen (secondary N) is 1. The van der Waals surface area contributed by atoms with E-state index >= 15 is 0 Å². The van der Waals surface area contributed by atoms with Gasteiger partial charge in [0.05, 0.1) is 11.2 Å². The van der Waals surface area contributed by atoms with E-state index in [2.05, 4.69) is 10.3 Å². The van der Waals surface area contributed by atoms with Crippen LogP contribution in [0.1, 0.15) is 0 Å². The molecule has 0 unspecified atom stereocenters. The molecule has 3 aromatic rings. The minimum atomic E-state index is -1.18. The van der Waals surface area contributed by atoms with Gasteiger partial charge in [0, 0.05) is 30.2 Å². The van der Waals surface area contributed by atoms with Crippen molar-refractivity contribution in [3.05, 3.63) is 58.0 Å². The number of benzene rings is 2. The number of rotatable bonds is 3. The fourth-order valence-electron chi connectivity index (χ4n) is 2.62. The predicted molar refractivity (Wildman–Crippen MR) is 98.3 cm³/mol. The molecule has 1 amide bonds. The number of aromatic nitrogens is 2. The average molecular weight is 359 g/mol. The van der Waals surface area contributed by atoms with Crippen LogP contribution < -0.4 is 15.9 Å². The highest BCUT2D eigenvalue weighted by molar-refractivity contribution is 6.31. The van der Waals surface area contributed by atoms with Gasteiger partial charge in [-0.1, -0.05) is 17.7 Å². The van der Waals surface area contributed by atoms with Crippen molar-refractivity contribution < 1.29 is 9.90 Å². The number of carbonyl (C=O) groups is 1. The lowest BCUT2D eigenvalue weighted by atomic mass is 10.2. The minimum absolute atomic E-state index is 0.351. The predicted octanol–water partition coefficient (Wildman–Crippen LogP) is 3.20. The van der Waals surface area contributed by atoms with Crippen molar-refractivity contribution in [1.82, 2.24) is 9.55 Å². The number of amides is 1. The molecule has 0 radical (unpaired) electrons. The number of nitrogens with zero attached hydrogens (tertiary/aromatic N) is 3. The van der Waals surface area contributed by atoms with E-state index in [1.54, 1.807) is 61.5 Å². The summed E-state index contributed by atoms with van der Waals surface area (Å²) >= 11 is 6.12. The second-order valence-electron chi connectivity index (χ2n) is 5.59. The molecule has 8 heteroatoms. The number of halogens is 1. The van der Waals surface area contributed by atoms with Gasteiger partial charge in [-0.3, -0.25) is 9.88 Å². The van der Waals surface area contributed by atoms with Gasteiger partial charge in [-0.25, -0.2) is 9.59 Å². The Labute approximate surface area is 148 Å². The van der Waals surface area contributed by atoms with Crippen molar-refractivity contribution in [3.8, 4) is 5.69 Å². The standard InChI is InChI=1S/C17H15ClN4O3/c1-21(2)15-13-7-6-10(18)8-14(13)22(16(23)20-15)12-5-3-4-11(9-12)19-17(24)25/h3-9,19H,1-2H3,(H,24,25). The molecule has 0 aliphatic carbocycles. The monoisotopic (exact) mass is 358 g/mol. The van der Waals surface area contributed by atoms with E-state index in [1.807, 2.05) is 0 Å². The molecule has 7 nitrogen and oxygen atoms in total. The maximum absolute atomic E-state index is 12.6. The second-order valence-corrected chi connectivity index (χ2v) is 6.03. The van der Waals surface area contributed by atoms with Crippen molar-refractivity contribution in [1.29, 1.82) is 0 Å². The molecule has 0 atom stereocenters. The third-order valence-electron chi connectivity index (χ3n) is 3.61. The molecule has 0 saturated heterocycles. The van der Waals surface area contributed by atoms with Gasteiger partial charge in [-0.05, 0) is 36.4 Å². The highest BCUT2D eigenvalue weighted by Gasteiger charge is 2.14. The molecule has 1 aromatic heterocycles. The van der Waals surface area contributed by atoms with Crippen molar-refractivity contribution in [2.75, 3.05) is 24.3 Å². The van der Waals surface area contributed by atoms with E-state index in [-0.39, 0.29) is 0 Å². The summed E-state index contributed by atoms with van der Waals surface area (Å²) in [6.07, 6.45) is -1.18. The molecule has 3 rings (SSSR count). The highest BCUT2D eigenvalue weighted by Crippen LogP contribution is 2.27. The van der Waals surface area contributed by atoms with Crippen LogP contribution in [0.5, 0.6) is 0 Å². The Hall–Kier alpha value is -3.06. The quantitative estimate of drug-likeness (QED) is 0.750.